The van der Waals surface area contributed by atoms with Crippen LogP contribution in [0.5, 0.6) is 0 Å². The summed E-state index contributed by atoms with van der Waals surface area (Å²) in [6, 6.07) is 16.9. The fourth-order valence-electron chi connectivity index (χ4n) is 2.77. The number of carbonyl (C=O) groups excluding carboxylic acids is 2. The van der Waals surface area contributed by atoms with E-state index in [0.717, 1.165) is 11.3 Å². The van der Waals surface area contributed by atoms with E-state index in [2.05, 4.69) is 6.58 Å². The van der Waals surface area contributed by atoms with Crippen LogP contribution in [0.1, 0.15) is 15.9 Å². The van der Waals surface area contributed by atoms with Crippen LogP contribution in [0.4, 0.5) is 10.5 Å². The summed E-state index contributed by atoms with van der Waals surface area (Å²) < 4.78 is 4.93. The molecule has 1 saturated heterocycles. The average molecular weight is 336 g/mol. The molecule has 2 aromatic rings. The molecular weight excluding hydrogens is 316 g/mol. The minimum atomic E-state index is -0.351. The van der Waals surface area contributed by atoms with E-state index < -0.39 is 0 Å². The number of carbonyl (C=O) groups is 2. The summed E-state index contributed by atoms with van der Waals surface area (Å²) in [6.45, 7) is 5.65. The predicted octanol–water partition coefficient (Wildman–Crippen LogP) is 3.47. The van der Waals surface area contributed by atoms with E-state index in [1.54, 1.807) is 40.1 Å². The molecule has 0 saturated carbocycles. The van der Waals surface area contributed by atoms with Crippen molar-refractivity contribution in [1.82, 2.24) is 4.90 Å². The van der Waals surface area contributed by atoms with Crippen molar-refractivity contribution in [3.63, 3.8) is 0 Å². The molecule has 1 heterocycles. The molecule has 0 atom stereocenters. The van der Waals surface area contributed by atoms with Gasteiger partial charge in [0.05, 0.1) is 6.54 Å². The summed E-state index contributed by atoms with van der Waals surface area (Å²) >= 11 is 0. The van der Waals surface area contributed by atoms with E-state index >= 15 is 0 Å². The number of benzene rings is 2. The summed E-state index contributed by atoms with van der Waals surface area (Å²) in [6.07, 6.45) is 1.37. The van der Waals surface area contributed by atoms with Gasteiger partial charge in [0.15, 0.2) is 0 Å². The number of anilines is 1. The van der Waals surface area contributed by atoms with Crippen molar-refractivity contribution in [3.8, 4) is 0 Å². The number of hydrogen-bond donors (Lipinski definition) is 0. The molecule has 1 aliphatic rings. The van der Waals surface area contributed by atoms with Gasteiger partial charge in [0.1, 0.15) is 6.61 Å². The average Bonchev–Trinajstić information content (AvgIpc) is 3.08. The first-order valence-electron chi connectivity index (χ1n) is 8.17. The van der Waals surface area contributed by atoms with Crippen LogP contribution in [-0.4, -0.2) is 36.6 Å². The maximum absolute atomic E-state index is 12.8. The number of cyclic esters (lactones) is 1. The van der Waals surface area contributed by atoms with Crippen LogP contribution in [0.15, 0.2) is 67.3 Å². The third-order valence-corrected chi connectivity index (χ3v) is 4.04. The van der Waals surface area contributed by atoms with Gasteiger partial charge in [-0.15, -0.1) is 6.58 Å². The van der Waals surface area contributed by atoms with Crippen molar-refractivity contribution in [1.29, 1.82) is 0 Å². The largest absolute Gasteiger partial charge is 0.447 e. The maximum Gasteiger partial charge on any atom is 0.414 e. The molecule has 5 heteroatoms. The molecule has 0 aliphatic carbocycles. The highest BCUT2D eigenvalue weighted by molar-refractivity contribution is 5.95. The number of rotatable bonds is 6. The Morgan fingerprint density at radius 3 is 2.48 bits per heavy atom. The van der Waals surface area contributed by atoms with Gasteiger partial charge in [-0.2, -0.15) is 0 Å². The van der Waals surface area contributed by atoms with Gasteiger partial charge in [0.25, 0.3) is 5.91 Å². The third-order valence-electron chi connectivity index (χ3n) is 4.04. The Bertz CT molecular complexity index is 756. The number of amides is 2. The molecule has 1 aliphatic heterocycles. The molecule has 25 heavy (non-hydrogen) atoms. The van der Waals surface area contributed by atoms with Crippen molar-refractivity contribution in [2.75, 3.05) is 24.6 Å². The second-order valence-electron chi connectivity index (χ2n) is 5.77. The predicted molar refractivity (Wildman–Crippen MR) is 96.5 cm³/mol. The lowest BCUT2D eigenvalue weighted by Crippen LogP contribution is -2.30. The van der Waals surface area contributed by atoms with Crippen molar-refractivity contribution >= 4 is 17.7 Å². The van der Waals surface area contributed by atoms with Gasteiger partial charge in [-0.05, 0) is 29.8 Å². The molecular formula is C20H20N2O3. The van der Waals surface area contributed by atoms with Crippen molar-refractivity contribution < 1.29 is 14.3 Å². The zero-order chi connectivity index (χ0) is 17.6. The van der Waals surface area contributed by atoms with Crippen LogP contribution >= 0.6 is 0 Å². The van der Waals surface area contributed by atoms with Gasteiger partial charge in [-0.3, -0.25) is 9.69 Å². The molecule has 2 aromatic carbocycles. The molecule has 128 valence electrons. The summed E-state index contributed by atoms with van der Waals surface area (Å²) in [5.74, 6) is -0.0701. The first kappa shape index (κ1) is 16.8. The van der Waals surface area contributed by atoms with Gasteiger partial charge in [-0.1, -0.05) is 36.4 Å². The minimum absolute atomic E-state index is 0.0701. The number of nitrogens with zero attached hydrogens (tertiary/aromatic N) is 2. The highest BCUT2D eigenvalue weighted by atomic mass is 16.6. The van der Waals surface area contributed by atoms with E-state index in [0.29, 0.717) is 31.8 Å². The monoisotopic (exact) mass is 336 g/mol. The smallest absolute Gasteiger partial charge is 0.414 e. The zero-order valence-corrected chi connectivity index (χ0v) is 13.9. The van der Waals surface area contributed by atoms with E-state index in [1.807, 2.05) is 30.3 Å². The van der Waals surface area contributed by atoms with Crippen molar-refractivity contribution in [2.45, 2.75) is 6.54 Å². The highest BCUT2D eigenvalue weighted by Crippen LogP contribution is 2.20. The Hall–Kier alpha value is -3.08. The second kappa shape index (κ2) is 7.66. The summed E-state index contributed by atoms with van der Waals surface area (Å²) in [7, 11) is 0. The highest BCUT2D eigenvalue weighted by Gasteiger charge is 2.24. The third kappa shape index (κ3) is 3.88. The van der Waals surface area contributed by atoms with Gasteiger partial charge in [0, 0.05) is 24.3 Å². The molecule has 0 N–H and O–H groups in total. The molecule has 3 rings (SSSR count). The fourth-order valence-corrected chi connectivity index (χ4v) is 2.77. The van der Waals surface area contributed by atoms with Crippen LogP contribution in [0.25, 0.3) is 0 Å². The zero-order valence-electron chi connectivity index (χ0n) is 13.9. The van der Waals surface area contributed by atoms with E-state index in [-0.39, 0.29) is 12.0 Å². The first-order chi connectivity index (χ1) is 12.2. The molecule has 0 unspecified atom stereocenters. The van der Waals surface area contributed by atoms with Crippen molar-refractivity contribution in [3.05, 3.63) is 78.4 Å². The Labute approximate surface area is 147 Å². The Kier molecular flexibility index (Phi) is 5.14. The lowest BCUT2D eigenvalue weighted by Gasteiger charge is -2.22. The Morgan fingerprint density at radius 1 is 1.16 bits per heavy atom. The molecule has 2 amide bonds. The Morgan fingerprint density at radius 2 is 1.88 bits per heavy atom. The topological polar surface area (TPSA) is 49.9 Å². The lowest BCUT2D eigenvalue weighted by molar-refractivity contribution is 0.0762. The molecule has 1 fully saturated rings. The van der Waals surface area contributed by atoms with Crippen LogP contribution in [0.2, 0.25) is 0 Å². The van der Waals surface area contributed by atoms with E-state index in [9.17, 15) is 9.59 Å². The van der Waals surface area contributed by atoms with E-state index in [4.69, 9.17) is 4.74 Å². The normalized spacial score (nSPS) is 13.4. The fraction of sp³-hybridized carbons (Fsp3) is 0.200. The summed E-state index contributed by atoms with van der Waals surface area (Å²) in [5, 5.41) is 0. The molecule has 0 radical (unpaired) electrons. The standard InChI is InChI=1S/C20H20N2O3/c1-2-12-21(15-16-6-4-3-5-7-16)19(23)17-8-10-18(11-9-17)22-13-14-25-20(22)24/h2-11H,1,12-15H2. The van der Waals surface area contributed by atoms with E-state index in [1.165, 1.54) is 0 Å². The van der Waals surface area contributed by atoms with Crippen LogP contribution in [0.3, 0.4) is 0 Å². The van der Waals surface area contributed by atoms with Crippen LogP contribution < -0.4 is 4.90 Å². The van der Waals surface area contributed by atoms with Gasteiger partial charge < -0.3 is 9.64 Å². The van der Waals surface area contributed by atoms with Crippen LogP contribution in [-0.2, 0) is 11.3 Å². The number of ether oxygens (including phenoxy) is 1. The second-order valence-corrected chi connectivity index (χ2v) is 5.77. The summed E-state index contributed by atoms with van der Waals surface area (Å²) in [4.78, 5) is 27.7. The lowest BCUT2D eigenvalue weighted by atomic mass is 10.1. The van der Waals surface area contributed by atoms with Crippen molar-refractivity contribution in [2.24, 2.45) is 0 Å². The molecule has 5 nitrogen and oxygen atoms in total. The van der Waals surface area contributed by atoms with Gasteiger partial charge in [0.2, 0.25) is 0 Å². The first-order valence-corrected chi connectivity index (χ1v) is 8.17. The quantitative estimate of drug-likeness (QED) is 0.759. The summed E-state index contributed by atoms with van der Waals surface area (Å²) in [5.41, 5.74) is 2.38. The SMILES string of the molecule is C=CCN(Cc1ccccc1)C(=O)c1ccc(N2CCOC2=O)cc1. The Balaban J connectivity index is 1.75. The minimum Gasteiger partial charge on any atom is -0.447 e. The van der Waals surface area contributed by atoms with Gasteiger partial charge >= 0.3 is 6.09 Å². The molecule has 0 aromatic heterocycles. The maximum atomic E-state index is 12.8. The van der Waals surface area contributed by atoms with Crippen LogP contribution in [0, 0.1) is 0 Å². The number of hydrogen-bond acceptors (Lipinski definition) is 3. The molecule has 0 bridgehead atoms. The van der Waals surface area contributed by atoms with Gasteiger partial charge in [-0.25, -0.2) is 4.79 Å². The molecule has 0 spiro atoms.